The smallest absolute Gasteiger partial charge is 0.237 e. The van der Waals surface area contributed by atoms with E-state index in [1.807, 2.05) is 0 Å². The largest absolute Gasteiger partial charge is 0.508 e. The minimum atomic E-state index is -0.852. The van der Waals surface area contributed by atoms with Gasteiger partial charge in [0.05, 0.1) is 5.56 Å². The Morgan fingerprint density at radius 3 is 2.17 bits per heavy atom. The standard InChI is InChI=1S/C14H10O4/c15-10-6-7-12(16)11(8-10)14(18)13(17)9-4-2-1-3-5-9/h1-8,15-16H. The minimum absolute atomic E-state index is 0.183. The molecule has 0 aliphatic heterocycles. The van der Waals surface area contributed by atoms with Gasteiger partial charge in [-0.1, -0.05) is 30.3 Å². The maximum atomic E-state index is 11.9. The zero-order chi connectivity index (χ0) is 13.1. The van der Waals surface area contributed by atoms with Crippen molar-refractivity contribution in [3.05, 3.63) is 59.7 Å². The Bertz CT molecular complexity index is 602. The summed E-state index contributed by atoms with van der Waals surface area (Å²) in [4.78, 5) is 23.8. The number of hydrogen-bond donors (Lipinski definition) is 2. The van der Waals surface area contributed by atoms with E-state index >= 15 is 0 Å². The number of phenolic OH excluding ortho intramolecular Hbond substituents is 2. The first-order valence-electron chi connectivity index (χ1n) is 5.25. The molecule has 2 aromatic rings. The molecule has 4 nitrogen and oxygen atoms in total. The lowest BCUT2D eigenvalue weighted by atomic mass is 10.0. The maximum Gasteiger partial charge on any atom is 0.237 e. The lowest BCUT2D eigenvalue weighted by molar-refractivity contribution is 0.0815. The van der Waals surface area contributed by atoms with E-state index in [0.29, 0.717) is 0 Å². The van der Waals surface area contributed by atoms with E-state index in [1.54, 1.807) is 18.2 Å². The number of phenols is 2. The van der Waals surface area contributed by atoms with Gasteiger partial charge in [-0.3, -0.25) is 9.59 Å². The molecule has 0 aliphatic carbocycles. The van der Waals surface area contributed by atoms with Crippen LogP contribution in [0.1, 0.15) is 20.7 Å². The topological polar surface area (TPSA) is 74.6 Å². The van der Waals surface area contributed by atoms with Gasteiger partial charge in [-0.15, -0.1) is 0 Å². The van der Waals surface area contributed by atoms with E-state index in [2.05, 4.69) is 0 Å². The molecule has 0 unspecified atom stereocenters. The van der Waals surface area contributed by atoms with Crippen LogP contribution in [0.15, 0.2) is 48.5 Å². The molecule has 90 valence electrons. The Kier molecular flexibility index (Phi) is 3.10. The Balaban J connectivity index is 2.38. The predicted octanol–water partition coefficient (Wildman–Crippen LogP) is 2.16. The summed E-state index contributed by atoms with van der Waals surface area (Å²) in [5.74, 6) is -2.09. The lowest BCUT2D eigenvalue weighted by Gasteiger charge is -2.03. The van der Waals surface area contributed by atoms with Crippen molar-refractivity contribution in [2.75, 3.05) is 0 Å². The number of benzene rings is 2. The molecule has 18 heavy (non-hydrogen) atoms. The fourth-order valence-corrected chi connectivity index (χ4v) is 1.55. The van der Waals surface area contributed by atoms with E-state index in [9.17, 15) is 19.8 Å². The van der Waals surface area contributed by atoms with Crippen molar-refractivity contribution < 1.29 is 19.8 Å². The van der Waals surface area contributed by atoms with Gasteiger partial charge in [-0.05, 0) is 18.2 Å². The molecule has 0 heterocycles. The monoisotopic (exact) mass is 242 g/mol. The molecule has 4 heteroatoms. The zero-order valence-electron chi connectivity index (χ0n) is 9.33. The number of aromatic hydroxyl groups is 2. The Morgan fingerprint density at radius 1 is 0.833 bits per heavy atom. The number of carbonyl (C=O) groups is 2. The third kappa shape index (κ3) is 2.22. The van der Waals surface area contributed by atoms with Crippen LogP contribution in [0.25, 0.3) is 0 Å². The van der Waals surface area contributed by atoms with Gasteiger partial charge in [0.15, 0.2) is 0 Å². The molecule has 0 atom stereocenters. The van der Waals surface area contributed by atoms with Crippen molar-refractivity contribution in [1.82, 2.24) is 0 Å². The molecular weight excluding hydrogens is 232 g/mol. The summed E-state index contributed by atoms with van der Waals surface area (Å²) in [6, 6.07) is 11.5. The van der Waals surface area contributed by atoms with Crippen LogP contribution in [0.3, 0.4) is 0 Å². The van der Waals surface area contributed by atoms with Crippen LogP contribution in [0, 0.1) is 0 Å². The second-order valence-corrected chi connectivity index (χ2v) is 3.73. The Hall–Kier alpha value is -2.62. The predicted molar refractivity (Wildman–Crippen MR) is 64.9 cm³/mol. The number of carbonyl (C=O) groups excluding carboxylic acids is 2. The second-order valence-electron chi connectivity index (χ2n) is 3.73. The van der Waals surface area contributed by atoms with Crippen LogP contribution in [0.2, 0.25) is 0 Å². The van der Waals surface area contributed by atoms with Crippen LogP contribution >= 0.6 is 0 Å². The number of rotatable bonds is 3. The highest BCUT2D eigenvalue weighted by atomic mass is 16.3. The van der Waals surface area contributed by atoms with E-state index in [0.717, 1.165) is 6.07 Å². The molecule has 0 fully saturated rings. The summed E-state index contributed by atoms with van der Waals surface area (Å²) in [6.45, 7) is 0. The highest BCUT2D eigenvalue weighted by Gasteiger charge is 2.21. The van der Waals surface area contributed by atoms with E-state index in [4.69, 9.17) is 0 Å². The van der Waals surface area contributed by atoms with Gasteiger partial charge in [0, 0.05) is 5.56 Å². The van der Waals surface area contributed by atoms with Crippen molar-refractivity contribution in [3.63, 3.8) is 0 Å². The first-order valence-corrected chi connectivity index (χ1v) is 5.25. The highest BCUT2D eigenvalue weighted by Crippen LogP contribution is 2.23. The Morgan fingerprint density at radius 2 is 1.50 bits per heavy atom. The minimum Gasteiger partial charge on any atom is -0.508 e. The molecular formula is C14H10O4. The molecule has 0 bridgehead atoms. The first-order chi connectivity index (χ1) is 8.59. The van der Waals surface area contributed by atoms with Gasteiger partial charge in [-0.25, -0.2) is 0 Å². The number of Topliss-reactive ketones (excluding diaryl/α,β-unsaturated/α-hetero) is 2. The van der Waals surface area contributed by atoms with Crippen LogP contribution < -0.4 is 0 Å². The van der Waals surface area contributed by atoms with E-state index in [-0.39, 0.29) is 22.6 Å². The third-order valence-corrected chi connectivity index (χ3v) is 2.47. The quantitative estimate of drug-likeness (QED) is 0.491. The SMILES string of the molecule is O=C(C(=O)c1cc(O)ccc1O)c1ccccc1. The average molecular weight is 242 g/mol. The van der Waals surface area contributed by atoms with Gasteiger partial charge in [0.1, 0.15) is 11.5 Å². The molecule has 0 spiro atoms. The summed E-state index contributed by atoms with van der Waals surface area (Å²) in [5.41, 5.74) is 0.0362. The second kappa shape index (κ2) is 4.71. The summed E-state index contributed by atoms with van der Waals surface area (Å²) in [5, 5.41) is 18.8. The summed E-state index contributed by atoms with van der Waals surface area (Å²) < 4.78 is 0. The molecule has 2 rings (SSSR count). The zero-order valence-corrected chi connectivity index (χ0v) is 9.33. The van der Waals surface area contributed by atoms with Crippen molar-refractivity contribution in [2.24, 2.45) is 0 Å². The van der Waals surface area contributed by atoms with Crippen molar-refractivity contribution in [1.29, 1.82) is 0 Å². The van der Waals surface area contributed by atoms with Crippen LogP contribution in [-0.2, 0) is 0 Å². The summed E-state index contributed by atoms with van der Waals surface area (Å²) >= 11 is 0. The van der Waals surface area contributed by atoms with Crippen LogP contribution in [0.5, 0.6) is 11.5 Å². The molecule has 0 radical (unpaired) electrons. The van der Waals surface area contributed by atoms with Gasteiger partial charge in [-0.2, -0.15) is 0 Å². The van der Waals surface area contributed by atoms with E-state index in [1.165, 1.54) is 24.3 Å². The molecule has 0 aromatic heterocycles. The Labute approximate surface area is 103 Å². The molecule has 2 N–H and O–H groups in total. The molecule has 2 aromatic carbocycles. The fourth-order valence-electron chi connectivity index (χ4n) is 1.55. The van der Waals surface area contributed by atoms with Gasteiger partial charge in [0.25, 0.3) is 0 Å². The van der Waals surface area contributed by atoms with Crippen LogP contribution in [0.4, 0.5) is 0 Å². The number of hydrogen-bond acceptors (Lipinski definition) is 4. The van der Waals surface area contributed by atoms with Crippen molar-refractivity contribution in [3.8, 4) is 11.5 Å². The fraction of sp³-hybridized carbons (Fsp3) is 0. The number of ketones is 2. The summed E-state index contributed by atoms with van der Waals surface area (Å²) in [7, 11) is 0. The lowest BCUT2D eigenvalue weighted by Crippen LogP contribution is -2.14. The molecule has 0 amide bonds. The van der Waals surface area contributed by atoms with Crippen molar-refractivity contribution in [2.45, 2.75) is 0 Å². The third-order valence-electron chi connectivity index (χ3n) is 2.47. The van der Waals surface area contributed by atoms with Crippen LogP contribution in [-0.4, -0.2) is 21.8 Å². The van der Waals surface area contributed by atoms with Gasteiger partial charge in [0.2, 0.25) is 11.6 Å². The van der Waals surface area contributed by atoms with Gasteiger partial charge < -0.3 is 10.2 Å². The maximum absolute atomic E-state index is 11.9. The normalized spacial score (nSPS) is 10.0. The highest BCUT2D eigenvalue weighted by molar-refractivity contribution is 6.49. The summed E-state index contributed by atoms with van der Waals surface area (Å²) in [6.07, 6.45) is 0. The molecule has 0 saturated heterocycles. The van der Waals surface area contributed by atoms with Gasteiger partial charge >= 0.3 is 0 Å². The first kappa shape index (κ1) is 11.9. The molecule has 0 saturated carbocycles. The molecule has 0 aliphatic rings. The average Bonchev–Trinajstić information content (AvgIpc) is 2.41. The van der Waals surface area contributed by atoms with E-state index < -0.39 is 11.6 Å². The van der Waals surface area contributed by atoms with Crippen molar-refractivity contribution >= 4 is 11.6 Å².